The van der Waals surface area contributed by atoms with Crippen molar-refractivity contribution in [3.05, 3.63) is 76.2 Å². The molecule has 2 aromatic carbocycles. The molecule has 2 heterocycles. The highest BCUT2D eigenvalue weighted by Crippen LogP contribution is 2.40. The summed E-state index contributed by atoms with van der Waals surface area (Å²) in [6.45, 7) is 3.56. The lowest BCUT2D eigenvalue weighted by molar-refractivity contribution is -0.129. The molecule has 0 aliphatic carbocycles. The van der Waals surface area contributed by atoms with E-state index in [1.807, 2.05) is 38.1 Å². The van der Waals surface area contributed by atoms with Gasteiger partial charge in [0, 0.05) is 17.0 Å². The standard InChI is InChI=1S/C26H27ClN2O5/c1-4-33-19-9-6-16(7-10-19)23-22(25(31)26(32)29(23)13-5-12-28(2)3)24(30)21-15-17-14-18(27)8-11-20(17)34-21/h6-11,14-15,23,31H,4-5,12-13H2,1-3H3. The van der Waals surface area contributed by atoms with E-state index in [1.54, 1.807) is 41.3 Å². The van der Waals surface area contributed by atoms with Crippen molar-refractivity contribution in [3.63, 3.8) is 0 Å². The first-order valence-corrected chi connectivity index (χ1v) is 11.5. The minimum absolute atomic E-state index is 0.00386. The Bertz CT molecular complexity index is 1250. The van der Waals surface area contributed by atoms with Gasteiger partial charge in [0.15, 0.2) is 11.5 Å². The number of carbonyl (C=O) groups is 2. The van der Waals surface area contributed by atoms with Gasteiger partial charge in [0.25, 0.3) is 5.91 Å². The molecule has 0 bridgehead atoms. The molecule has 0 saturated carbocycles. The summed E-state index contributed by atoms with van der Waals surface area (Å²) in [5, 5.41) is 12.0. The summed E-state index contributed by atoms with van der Waals surface area (Å²) < 4.78 is 11.3. The van der Waals surface area contributed by atoms with Gasteiger partial charge >= 0.3 is 0 Å². The van der Waals surface area contributed by atoms with Crippen LogP contribution >= 0.6 is 11.6 Å². The molecular weight excluding hydrogens is 456 g/mol. The number of benzene rings is 2. The third-order valence-corrected chi connectivity index (χ3v) is 6.00. The minimum Gasteiger partial charge on any atom is -0.503 e. The smallest absolute Gasteiger partial charge is 0.290 e. The average Bonchev–Trinajstić information content (AvgIpc) is 3.33. The number of ketones is 1. The first kappa shape index (κ1) is 23.9. The van der Waals surface area contributed by atoms with Crippen LogP contribution in [0.4, 0.5) is 0 Å². The van der Waals surface area contributed by atoms with Gasteiger partial charge in [-0.2, -0.15) is 0 Å². The van der Waals surface area contributed by atoms with E-state index < -0.39 is 23.5 Å². The molecule has 7 nitrogen and oxygen atoms in total. The maximum Gasteiger partial charge on any atom is 0.290 e. The molecule has 1 aliphatic heterocycles. The molecule has 0 radical (unpaired) electrons. The van der Waals surface area contributed by atoms with Crippen molar-refractivity contribution < 1.29 is 23.8 Å². The highest BCUT2D eigenvalue weighted by Gasteiger charge is 2.44. The minimum atomic E-state index is -0.741. The van der Waals surface area contributed by atoms with E-state index in [2.05, 4.69) is 0 Å². The average molecular weight is 483 g/mol. The molecule has 1 N–H and O–H groups in total. The van der Waals surface area contributed by atoms with Gasteiger partial charge in [-0.25, -0.2) is 0 Å². The third-order valence-electron chi connectivity index (χ3n) is 5.76. The number of halogens is 1. The third kappa shape index (κ3) is 4.67. The van der Waals surface area contributed by atoms with Crippen molar-refractivity contribution in [1.29, 1.82) is 0 Å². The molecule has 1 aromatic heterocycles. The van der Waals surface area contributed by atoms with E-state index >= 15 is 0 Å². The lowest BCUT2D eigenvalue weighted by Crippen LogP contribution is -2.33. The summed E-state index contributed by atoms with van der Waals surface area (Å²) in [6, 6.07) is 13.1. The molecule has 1 atom stereocenters. The topological polar surface area (TPSA) is 83.2 Å². The zero-order chi connectivity index (χ0) is 24.4. The number of Topliss-reactive ketones (excluding diaryl/α,β-unsaturated/α-hetero) is 1. The van der Waals surface area contributed by atoms with Crippen LogP contribution in [-0.2, 0) is 4.79 Å². The van der Waals surface area contributed by atoms with Crippen LogP contribution in [-0.4, -0.2) is 60.4 Å². The Morgan fingerprint density at radius 1 is 1.18 bits per heavy atom. The quantitative estimate of drug-likeness (QED) is 0.431. The second-order valence-electron chi connectivity index (χ2n) is 8.44. The molecule has 0 spiro atoms. The molecule has 34 heavy (non-hydrogen) atoms. The number of aliphatic hydroxyl groups excluding tert-OH is 1. The SMILES string of the molecule is CCOc1ccc(C2C(C(=O)c3cc4cc(Cl)ccc4o3)=C(O)C(=O)N2CCCN(C)C)cc1. The van der Waals surface area contributed by atoms with Crippen LogP contribution in [0, 0.1) is 0 Å². The Kier molecular flexibility index (Phi) is 6.95. The van der Waals surface area contributed by atoms with E-state index in [9.17, 15) is 14.7 Å². The number of ether oxygens (including phenoxy) is 1. The van der Waals surface area contributed by atoms with E-state index in [0.29, 0.717) is 46.9 Å². The fourth-order valence-corrected chi connectivity index (χ4v) is 4.37. The van der Waals surface area contributed by atoms with Crippen molar-refractivity contribution in [1.82, 2.24) is 9.80 Å². The zero-order valence-corrected chi connectivity index (χ0v) is 20.1. The van der Waals surface area contributed by atoms with E-state index in [1.165, 1.54) is 0 Å². The van der Waals surface area contributed by atoms with Crippen LogP contribution in [0.15, 0.2) is 64.3 Å². The van der Waals surface area contributed by atoms with Gasteiger partial charge in [-0.05, 0) is 75.9 Å². The van der Waals surface area contributed by atoms with E-state index in [0.717, 1.165) is 6.54 Å². The number of fused-ring (bicyclic) bond motifs is 1. The number of nitrogens with zero attached hydrogens (tertiary/aromatic N) is 2. The molecule has 3 aromatic rings. The predicted octanol–water partition coefficient (Wildman–Crippen LogP) is 5.01. The maximum atomic E-state index is 13.6. The zero-order valence-electron chi connectivity index (χ0n) is 19.4. The molecule has 1 aliphatic rings. The summed E-state index contributed by atoms with van der Waals surface area (Å²) in [4.78, 5) is 30.2. The lowest BCUT2D eigenvalue weighted by Gasteiger charge is -2.27. The second kappa shape index (κ2) is 9.91. The fourth-order valence-electron chi connectivity index (χ4n) is 4.19. The van der Waals surface area contributed by atoms with Gasteiger partial charge in [-0.1, -0.05) is 23.7 Å². The van der Waals surface area contributed by atoms with Crippen molar-refractivity contribution in [2.24, 2.45) is 0 Å². The highest BCUT2D eigenvalue weighted by molar-refractivity contribution is 6.31. The predicted molar refractivity (Wildman–Crippen MR) is 130 cm³/mol. The summed E-state index contributed by atoms with van der Waals surface area (Å²) >= 11 is 6.06. The first-order valence-electron chi connectivity index (χ1n) is 11.2. The summed E-state index contributed by atoms with van der Waals surface area (Å²) in [6.07, 6.45) is 0.685. The van der Waals surface area contributed by atoms with Crippen LogP contribution in [0.2, 0.25) is 5.02 Å². The van der Waals surface area contributed by atoms with Gasteiger partial charge in [0.2, 0.25) is 5.78 Å². The van der Waals surface area contributed by atoms with Gasteiger partial charge in [-0.15, -0.1) is 0 Å². The molecule has 1 amide bonds. The van der Waals surface area contributed by atoms with Crippen LogP contribution < -0.4 is 4.74 Å². The number of hydrogen-bond acceptors (Lipinski definition) is 6. The Morgan fingerprint density at radius 2 is 1.91 bits per heavy atom. The van der Waals surface area contributed by atoms with Crippen LogP contribution in [0.5, 0.6) is 5.75 Å². The van der Waals surface area contributed by atoms with Crippen LogP contribution in [0.25, 0.3) is 11.0 Å². The van der Waals surface area contributed by atoms with Crippen LogP contribution in [0.3, 0.4) is 0 Å². The largest absolute Gasteiger partial charge is 0.503 e. The van der Waals surface area contributed by atoms with Gasteiger partial charge < -0.3 is 24.1 Å². The number of rotatable bonds is 9. The normalized spacial score (nSPS) is 16.2. The highest BCUT2D eigenvalue weighted by atomic mass is 35.5. The Labute approximate surface area is 203 Å². The van der Waals surface area contributed by atoms with Crippen molar-refractivity contribution in [3.8, 4) is 5.75 Å². The molecule has 0 saturated heterocycles. The van der Waals surface area contributed by atoms with Crippen molar-refractivity contribution in [2.45, 2.75) is 19.4 Å². The molecule has 1 unspecified atom stereocenters. The molecular formula is C26H27ClN2O5. The van der Waals surface area contributed by atoms with Crippen LogP contribution in [0.1, 0.15) is 35.5 Å². The van der Waals surface area contributed by atoms with Crippen molar-refractivity contribution >= 4 is 34.3 Å². The van der Waals surface area contributed by atoms with Gasteiger partial charge in [0.05, 0.1) is 18.2 Å². The second-order valence-corrected chi connectivity index (χ2v) is 8.88. The molecule has 8 heteroatoms. The van der Waals surface area contributed by atoms with E-state index in [4.69, 9.17) is 20.8 Å². The molecule has 0 fully saturated rings. The monoisotopic (exact) mass is 482 g/mol. The number of amides is 1. The van der Waals surface area contributed by atoms with E-state index in [-0.39, 0.29) is 11.3 Å². The number of hydrogen-bond donors (Lipinski definition) is 1. The Hall–Kier alpha value is -3.29. The molecule has 4 rings (SSSR count). The number of carbonyl (C=O) groups excluding carboxylic acids is 2. The molecule has 178 valence electrons. The fraction of sp³-hybridized carbons (Fsp3) is 0.308. The maximum absolute atomic E-state index is 13.6. The summed E-state index contributed by atoms with van der Waals surface area (Å²) in [5.74, 6) is -0.929. The Morgan fingerprint density at radius 3 is 2.59 bits per heavy atom. The lowest BCUT2D eigenvalue weighted by atomic mass is 9.95. The summed E-state index contributed by atoms with van der Waals surface area (Å²) in [5.41, 5.74) is 1.20. The summed E-state index contributed by atoms with van der Waals surface area (Å²) in [7, 11) is 3.91. The van der Waals surface area contributed by atoms with Gasteiger partial charge in [0.1, 0.15) is 11.3 Å². The van der Waals surface area contributed by atoms with Crippen molar-refractivity contribution in [2.75, 3.05) is 33.8 Å². The first-order chi connectivity index (χ1) is 16.3. The Balaban J connectivity index is 1.73. The van der Waals surface area contributed by atoms with Gasteiger partial charge in [-0.3, -0.25) is 9.59 Å². The number of furan rings is 1. The number of aliphatic hydroxyl groups is 1.